The SMILES string of the molecule is CCC(NC(=O)c1ccc(C(=O)N(C)C)cc1)C(=O)O. The molecule has 1 unspecified atom stereocenters. The van der Waals surface area contributed by atoms with E-state index in [9.17, 15) is 14.4 Å². The number of hydrogen-bond acceptors (Lipinski definition) is 3. The van der Waals surface area contributed by atoms with Crippen LogP contribution in [0.2, 0.25) is 0 Å². The van der Waals surface area contributed by atoms with Gasteiger partial charge in [0.05, 0.1) is 0 Å². The number of hydrogen-bond donors (Lipinski definition) is 2. The molecule has 0 aromatic heterocycles. The minimum Gasteiger partial charge on any atom is -0.480 e. The van der Waals surface area contributed by atoms with Crippen LogP contribution in [-0.4, -0.2) is 47.9 Å². The summed E-state index contributed by atoms with van der Waals surface area (Å²) in [6, 6.07) is 5.17. The zero-order valence-electron chi connectivity index (χ0n) is 11.7. The Morgan fingerprint density at radius 2 is 1.65 bits per heavy atom. The monoisotopic (exact) mass is 278 g/mol. The van der Waals surface area contributed by atoms with Gasteiger partial charge in [0.2, 0.25) is 0 Å². The Hall–Kier alpha value is -2.37. The summed E-state index contributed by atoms with van der Waals surface area (Å²) in [5.41, 5.74) is 0.789. The van der Waals surface area contributed by atoms with Crippen molar-refractivity contribution in [2.75, 3.05) is 14.1 Å². The molecule has 1 aromatic rings. The van der Waals surface area contributed by atoms with Crippen LogP contribution in [0, 0.1) is 0 Å². The van der Waals surface area contributed by atoms with Gasteiger partial charge in [-0.2, -0.15) is 0 Å². The van der Waals surface area contributed by atoms with Crippen LogP contribution in [0.1, 0.15) is 34.1 Å². The summed E-state index contributed by atoms with van der Waals surface area (Å²) < 4.78 is 0. The summed E-state index contributed by atoms with van der Waals surface area (Å²) in [5.74, 6) is -1.70. The minimum atomic E-state index is -1.07. The molecule has 6 nitrogen and oxygen atoms in total. The molecule has 0 aliphatic carbocycles. The molecular formula is C14H18N2O4. The second-order valence-corrected chi connectivity index (χ2v) is 4.55. The molecule has 0 fully saturated rings. The van der Waals surface area contributed by atoms with Gasteiger partial charge in [0.1, 0.15) is 6.04 Å². The first-order valence-electron chi connectivity index (χ1n) is 6.22. The fourth-order valence-corrected chi connectivity index (χ4v) is 1.60. The first-order chi connectivity index (χ1) is 9.36. The molecular weight excluding hydrogens is 260 g/mol. The van der Waals surface area contributed by atoms with E-state index in [-0.39, 0.29) is 5.91 Å². The average Bonchev–Trinajstić information content (AvgIpc) is 2.43. The summed E-state index contributed by atoms with van der Waals surface area (Å²) >= 11 is 0. The van der Waals surface area contributed by atoms with E-state index in [0.29, 0.717) is 17.5 Å². The lowest BCUT2D eigenvalue weighted by atomic mass is 10.1. The van der Waals surface area contributed by atoms with Gasteiger partial charge in [-0.1, -0.05) is 6.92 Å². The Morgan fingerprint density at radius 3 is 2.05 bits per heavy atom. The van der Waals surface area contributed by atoms with E-state index in [1.54, 1.807) is 33.2 Å². The van der Waals surface area contributed by atoms with Gasteiger partial charge in [-0.05, 0) is 30.7 Å². The second kappa shape index (κ2) is 6.70. The number of benzene rings is 1. The molecule has 108 valence electrons. The number of carboxylic acids is 1. The quantitative estimate of drug-likeness (QED) is 0.840. The summed E-state index contributed by atoms with van der Waals surface area (Å²) in [6.45, 7) is 1.68. The van der Waals surface area contributed by atoms with E-state index in [1.165, 1.54) is 17.0 Å². The maximum atomic E-state index is 11.9. The van der Waals surface area contributed by atoms with Gasteiger partial charge in [0, 0.05) is 25.2 Å². The van der Waals surface area contributed by atoms with Crippen LogP contribution in [0.4, 0.5) is 0 Å². The van der Waals surface area contributed by atoms with Gasteiger partial charge in [0.25, 0.3) is 11.8 Å². The standard InChI is InChI=1S/C14H18N2O4/c1-4-11(14(19)20)15-12(17)9-5-7-10(8-6-9)13(18)16(2)3/h5-8,11H,4H2,1-3H3,(H,15,17)(H,19,20). The van der Waals surface area contributed by atoms with Crippen LogP contribution in [-0.2, 0) is 4.79 Å². The van der Waals surface area contributed by atoms with Crippen LogP contribution in [0.5, 0.6) is 0 Å². The van der Waals surface area contributed by atoms with E-state index < -0.39 is 17.9 Å². The number of rotatable bonds is 5. The van der Waals surface area contributed by atoms with E-state index in [1.807, 2.05) is 0 Å². The smallest absolute Gasteiger partial charge is 0.326 e. The first-order valence-corrected chi connectivity index (χ1v) is 6.22. The number of carboxylic acid groups (broad SMARTS) is 1. The summed E-state index contributed by atoms with van der Waals surface area (Å²) in [5, 5.41) is 11.3. The minimum absolute atomic E-state index is 0.158. The van der Waals surface area contributed by atoms with Crippen molar-refractivity contribution in [3.63, 3.8) is 0 Å². The zero-order valence-corrected chi connectivity index (χ0v) is 11.7. The highest BCUT2D eigenvalue weighted by molar-refractivity contribution is 5.98. The maximum absolute atomic E-state index is 11.9. The van der Waals surface area contributed by atoms with Gasteiger partial charge in [0.15, 0.2) is 0 Å². The van der Waals surface area contributed by atoms with Crippen LogP contribution < -0.4 is 5.32 Å². The first kappa shape index (κ1) is 15.7. The molecule has 1 rings (SSSR count). The summed E-state index contributed by atoms with van der Waals surface area (Å²) in [4.78, 5) is 35.8. The van der Waals surface area contributed by atoms with Crippen LogP contribution in [0.25, 0.3) is 0 Å². The third-order valence-corrected chi connectivity index (χ3v) is 2.81. The molecule has 0 saturated heterocycles. The van der Waals surface area contributed by atoms with E-state index in [0.717, 1.165) is 0 Å². The third-order valence-electron chi connectivity index (χ3n) is 2.81. The predicted octanol–water partition coefficient (Wildman–Crippen LogP) is 0.981. The van der Waals surface area contributed by atoms with Crippen molar-refractivity contribution in [2.45, 2.75) is 19.4 Å². The number of nitrogens with one attached hydrogen (secondary N) is 1. The van der Waals surface area contributed by atoms with Crippen LogP contribution in [0.15, 0.2) is 24.3 Å². The fourth-order valence-electron chi connectivity index (χ4n) is 1.60. The Labute approximate surface area is 117 Å². The maximum Gasteiger partial charge on any atom is 0.326 e. The topological polar surface area (TPSA) is 86.7 Å². The van der Waals surface area contributed by atoms with Gasteiger partial charge >= 0.3 is 5.97 Å². The normalized spacial score (nSPS) is 11.6. The van der Waals surface area contributed by atoms with Crippen molar-refractivity contribution in [1.82, 2.24) is 10.2 Å². The number of carbonyl (C=O) groups excluding carboxylic acids is 2. The fraction of sp³-hybridized carbons (Fsp3) is 0.357. The highest BCUT2D eigenvalue weighted by Crippen LogP contribution is 2.07. The van der Waals surface area contributed by atoms with E-state index >= 15 is 0 Å². The van der Waals surface area contributed by atoms with Gasteiger partial charge in [-0.3, -0.25) is 9.59 Å². The highest BCUT2D eigenvalue weighted by Gasteiger charge is 2.18. The van der Waals surface area contributed by atoms with Crippen molar-refractivity contribution in [1.29, 1.82) is 0 Å². The van der Waals surface area contributed by atoms with Gasteiger partial charge < -0.3 is 15.3 Å². The van der Waals surface area contributed by atoms with Crippen molar-refractivity contribution in [2.24, 2.45) is 0 Å². The molecule has 6 heteroatoms. The molecule has 0 aliphatic heterocycles. The number of amides is 2. The molecule has 20 heavy (non-hydrogen) atoms. The largest absolute Gasteiger partial charge is 0.480 e. The number of nitrogens with zero attached hydrogens (tertiary/aromatic N) is 1. The molecule has 0 aliphatic rings. The number of aliphatic carboxylic acids is 1. The Balaban J connectivity index is 2.80. The van der Waals surface area contributed by atoms with E-state index in [2.05, 4.69) is 5.32 Å². The summed E-state index contributed by atoms with van der Waals surface area (Å²) in [6.07, 6.45) is 0.304. The summed E-state index contributed by atoms with van der Waals surface area (Å²) in [7, 11) is 3.28. The predicted molar refractivity (Wildman–Crippen MR) is 73.6 cm³/mol. The van der Waals surface area contributed by atoms with Crippen LogP contribution in [0.3, 0.4) is 0 Å². The lowest BCUT2D eigenvalue weighted by molar-refractivity contribution is -0.139. The molecule has 0 heterocycles. The van der Waals surface area contributed by atoms with Crippen molar-refractivity contribution < 1.29 is 19.5 Å². The Morgan fingerprint density at radius 1 is 1.15 bits per heavy atom. The number of carbonyl (C=O) groups is 3. The third kappa shape index (κ3) is 3.81. The molecule has 0 spiro atoms. The lowest BCUT2D eigenvalue weighted by Crippen LogP contribution is -2.40. The zero-order chi connectivity index (χ0) is 15.3. The average molecular weight is 278 g/mol. The van der Waals surface area contributed by atoms with Gasteiger partial charge in [-0.25, -0.2) is 4.79 Å². The van der Waals surface area contributed by atoms with Crippen LogP contribution >= 0.6 is 0 Å². The van der Waals surface area contributed by atoms with Crippen molar-refractivity contribution in [3.8, 4) is 0 Å². The lowest BCUT2D eigenvalue weighted by Gasteiger charge is -2.13. The second-order valence-electron chi connectivity index (χ2n) is 4.55. The Kier molecular flexibility index (Phi) is 5.25. The molecule has 2 amide bonds. The molecule has 1 atom stereocenters. The molecule has 0 saturated carbocycles. The Bertz CT molecular complexity index is 508. The molecule has 0 bridgehead atoms. The molecule has 0 radical (unpaired) electrons. The molecule has 2 N–H and O–H groups in total. The van der Waals surface area contributed by atoms with Gasteiger partial charge in [-0.15, -0.1) is 0 Å². The molecule has 1 aromatic carbocycles. The highest BCUT2D eigenvalue weighted by atomic mass is 16.4. The van der Waals surface area contributed by atoms with Crippen molar-refractivity contribution in [3.05, 3.63) is 35.4 Å². The van der Waals surface area contributed by atoms with E-state index in [4.69, 9.17) is 5.11 Å². The van der Waals surface area contributed by atoms with Crippen molar-refractivity contribution >= 4 is 17.8 Å².